The second-order valence-electron chi connectivity index (χ2n) is 3.66. The average Bonchev–Trinajstić information content (AvgIpc) is 2.61. The lowest BCUT2D eigenvalue weighted by Gasteiger charge is -2.07. The standard InChI is InChI=1S/C9H17N5O/c1-7(4-10)3-9(15)11-5-8-12-6-14(2)13-8/h6-7H,3-5,10H2,1-2H3,(H,11,15). The van der Waals surface area contributed by atoms with Crippen molar-refractivity contribution in [3.63, 3.8) is 0 Å². The topological polar surface area (TPSA) is 85.8 Å². The van der Waals surface area contributed by atoms with E-state index in [2.05, 4.69) is 15.4 Å². The van der Waals surface area contributed by atoms with Crippen molar-refractivity contribution in [1.82, 2.24) is 20.1 Å². The molecule has 15 heavy (non-hydrogen) atoms. The summed E-state index contributed by atoms with van der Waals surface area (Å²) in [6.07, 6.45) is 2.05. The maximum absolute atomic E-state index is 11.4. The minimum absolute atomic E-state index is 0.0135. The molecule has 84 valence electrons. The Kier molecular flexibility index (Phi) is 4.23. The van der Waals surface area contributed by atoms with Gasteiger partial charge in [-0.1, -0.05) is 6.92 Å². The van der Waals surface area contributed by atoms with Gasteiger partial charge < -0.3 is 11.1 Å². The van der Waals surface area contributed by atoms with Crippen LogP contribution >= 0.6 is 0 Å². The molecular formula is C9H17N5O. The number of rotatable bonds is 5. The molecule has 6 nitrogen and oxygen atoms in total. The Bertz CT molecular complexity index is 322. The zero-order valence-corrected chi connectivity index (χ0v) is 9.10. The molecule has 0 saturated carbocycles. The Morgan fingerprint density at radius 1 is 1.73 bits per heavy atom. The highest BCUT2D eigenvalue weighted by molar-refractivity contribution is 5.75. The molecule has 1 atom stereocenters. The summed E-state index contributed by atoms with van der Waals surface area (Å²) in [6, 6.07) is 0. The quantitative estimate of drug-likeness (QED) is 0.682. The fraction of sp³-hybridized carbons (Fsp3) is 0.667. The zero-order valence-electron chi connectivity index (χ0n) is 9.10. The van der Waals surface area contributed by atoms with Crippen molar-refractivity contribution >= 4 is 5.91 Å². The van der Waals surface area contributed by atoms with E-state index in [0.29, 0.717) is 25.3 Å². The van der Waals surface area contributed by atoms with Gasteiger partial charge in [-0.3, -0.25) is 9.48 Å². The number of nitrogens with zero attached hydrogens (tertiary/aromatic N) is 3. The molecule has 0 fully saturated rings. The molecule has 0 saturated heterocycles. The van der Waals surface area contributed by atoms with Crippen LogP contribution in [0.5, 0.6) is 0 Å². The molecule has 6 heteroatoms. The van der Waals surface area contributed by atoms with Crippen LogP contribution in [0.1, 0.15) is 19.2 Å². The normalized spacial score (nSPS) is 12.5. The number of aromatic nitrogens is 3. The Morgan fingerprint density at radius 3 is 3.00 bits per heavy atom. The zero-order chi connectivity index (χ0) is 11.3. The lowest BCUT2D eigenvalue weighted by molar-refractivity contribution is -0.122. The first-order valence-corrected chi connectivity index (χ1v) is 4.93. The Labute approximate surface area is 88.9 Å². The van der Waals surface area contributed by atoms with Gasteiger partial charge in [0.25, 0.3) is 0 Å². The molecule has 1 amide bonds. The maximum Gasteiger partial charge on any atom is 0.220 e. The van der Waals surface area contributed by atoms with E-state index < -0.39 is 0 Å². The molecule has 0 aliphatic heterocycles. The highest BCUT2D eigenvalue weighted by Crippen LogP contribution is 1.98. The van der Waals surface area contributed by atoms with E-state index in [9.17, 15) is 4.79 Å². The van der Waals surface area contributed by atoms with Gasteiger partial charge in [0, 0.05) is 13.5 Å². The molecule has 0 radical (unpaired) electrons. The molecule has 1 heterocycles. The summed E-state index contributed by atoms with van der Waals surface area (Å²) < 4.78 is 1.60. The van der Waals surface area contributed by atoms with Crippen molar-refractivity contribution in [1.29, 1.82) is 0 Å². The molecule has 1 aromatic rings. The van der Waals surface area contributed by atoms with Gasteiger partial charge >= 0.3 is 0 Å². The summed E-state index contributed by atoms with van der Waals surface area (Å²) in [5.41, 5.74) is 5.42. The number of nitrogens with one attached hydrogen (secondary N) is 1. The highest BCUT2D eigenvalue weighted by Gasteiger charge is 2.07. The lowest BCUT2D eigenvalue weighted by Crippen LogP contribution is -2.27. The van der Waals surface area contributed by atoms with Crippen molar-refractivity contribution in [2.24, 2.45) is 18.7 Å². The van der Waals surface area contributed by atoms with Crippen LogP contribution in [-0.4, -0.2) is 27.2 Å². The fourth-order valence-electron chi connectivity index (χ4n) is 1.11. The number of carbonyl (C=O) groups excluding carboxylic acids is 1. The number of hydrogen-bond acceptors (Lipinski definition) is 4. The van der Waals surface area contributed by atoms with Gasteiger partial charge in [0.2, 0.25) is 5.91 Å². The van der Waals surface area contributed by atoms with E-state index >= 15 is 0 Å². The molecule has 0 spiro atoms. The third-order valence-corrected chi connectivity index (χ3v) is 2.03. The molecule has 0 aliphatic rings. The van der Waals surface area contributed by atoms with Crippen molar-refractivity contribution in [3.05, 3.63) is 12.2 Å². The van der Waals surface area contributed by atoms with Crippen LogP contribution in [0.4, 0.5) is 0 Å². The monoisotopic (exact) mass is 211 g/mol. The summed E-state index contributed by atoms with van der Waals surface area (Å²) in [5.74, 6) is 0.813. The van der Waals surface area contributed by atoms with Gasteiger partial charge in [-0.15, -0.1) is 0 Å². The number of hydrogen-bond donors (Lipinski definition) is 2. The van der Waals surface area contributed by atoms with Crippen LogP contribution in [-0.2, 0) is 18.4 Å². The van der Waals surface area contributed by atoms with Gasteiger partial charge in [-0.05, 0) is 12.5 Å². The van der Waals surface area contributed by atoms with Gasteiger partial charge in [-0.25, -0.2) is 4.98 Å². The molecule has 0 aromatic carbocycles. The Balaban J connectivity index is 2.28. The van der Waals surface area contributed by atoms with E-state index in [-0.39, 0.29) is 11.8 Å². The van der Waals surface area contributed by atoms with Crippen LogP contribution in [0.25, 0.3) is 0 Å². The van der Waals surface area contributed by atoms with Crippen molar-refractivity contribution < 1.29 is 4.79 Å². The van der Waals surface area contributed by atoms with Crippen LogP contribution in [0, 0.1) is 5.92 Å². The highest BCUT2D eigenvalue weighted by atomic mass is 16.1. The molecule has 1 aromatic heterocycles. The number of aryl methyl sites for hydroxylation is 1. The SMILES string of the molecule is CC(CN)CC(=O)NCc1ncn(C)n1. The van der Waals surface area contributed by atoms with E-state index in [4.69, 9.17) is 5.73 Å². The second-order valence-corrected chi connectivity index (χ2v) is 3.66. The average molecular weight is 211 g/mol. The lowest BCUT2D eigenvalue weighted by atomic mass is 10.1. The van der Waals surface area contributed by atoms with Crippen molar-refractivity contribution in [2.75, 3.05) is 6.54 Å². The first-order valence-electron chi connectivity index (χ1n) is 4.93. The summed E-state index contributed by atoms with van der Waals surface area (Å²) in [6.45, 7) is 2.84. The third-order valence-electron chi connectivity index (χ3n) is 2.03. The summed E-state index contributed by atoms with van der Waals surface area (Å²) in [5, 5.41) is 6.79. The first kappa shape index (κ1) is 11.6. The summed E-state index contributed by atoms with van der Waals surface area (Å²) >= 11 is 0. The smallest absolute Gasteiger partial charge is 0.220 e. The summed E-state index contributed by atoms with van der Waals surface area (Å²) in [7, 11) is 1.79. The van der Waals surface area contributed by atoms with Gasteiger partial charge in [0.15, 0.2) is 5.82 Å². The minimum atomic E-state index is -0.0135. The first-order chi connectivity index (χ1) is 7.11. The van der Waals surface area contributed by atoms with Crippen molar-refractivity contribution in [3.8, 4) is 0 Å². The molecule has 1 rings (SSSR count). The fourth-order valence-corrected chi connectivity index (χ4v) is 1.11. The number of carbonyl (C=O) groups is 1. The van der Waals surface area contributed by atoms with Gasteiger partial charge in [-0.2, -0.15) is 5.10 Å². The van der Waals surface area contributed by atoms with Crippen LogP contribution in [0.3, 0.4) is 0 Å². The van der Waals surface area contributed by atoms with E-state index in [1.54, 1.807) is 18.1 Å². The van der Waals surface area contributed by atoms with Gasteiger partial charge in [0.1, 0.15) is 6.33 Å². The molecular weight excluding hydrogens is 194 g/mol. The summed E-state index contributed by atoms with van der Waals surface area (Å²) in [4.78, 5) is 15.4. The molecule has 0 aliphatic carbocycles. The Morgan fingerprint density at radius 2 is 2.47 bits per heavy atom. The van der Waals surface area contributed by atoms with E-state index in [1.165, 1.54) is 0 Å². The van der Waals surface area contributed by atoms with Crippen molar-refractivity contribution in [2.45, 2.75) is 19.9 Å². The molecule has 3 N–H and O–H groups in total. The minimum Gasteiger partial charge on any atom is -0.349 e. The predicted molar refractivity (Wildman–Crippen MR) is 55.7 cm³/mol. The largest absolute Gasteiger partial charge is 0.349 e. The second kappa shape index (κ2) is 5.45. The van der Waals surface area contributed by atoms with E-state index in [0.717, 1.165) is 0 Å². The van der Waals surface area contributed by atoms with E-state index in [1.807, 2.05) is 6.92 Å². The van der Waals surface area contributed by atoms with Crippen LogP contribution in [0.2, 0.25) is 0 Å². The Hall–Kier alpha value is -1.43. The van der Waals surface area contributed by atoms with Crippen LogP contribution in [0.15, 0.2) is 6.33 Å². The third kappa shape index (κ3) is 4.07. The maximum atomic E-state index is 11.4. The van der Waals surface area contributed by atoms with Crippen LogP contribution < -0.4 is 11.1 Å². The number of amides is 1. The van der Waals surface area contributed by atoms with Gasteiger partial charge in [0.05, 0.1) is 6.54 Å². The predicted octanol–water partition coefficient (Wildman–Crippen LogP) is -0.584. The molecule has 1 unspecified atom stereocenters. The molecule has 0 bridgehead atoms. The number of nitrogens with two attached hydrogens (primary N) is 1.